The molecule has 4 rings (SSSR count). The Labute approximate surface area is 171 Å². The molecular weight excluding hydrogens is 411 g/mol. The third-order valence-corrected chi connectivity index (χ3v) is 6.47. The normalized spacial score (nSPS) is 11.3. The van der Waals surface area contributed by atoms with Gasteiger partial charge in [-0.1, -0.05) is 29.8 Å². The van der Waals surface area contributed by atoms with Gasteiger partial charge in [0.05, 0.1) is 26.9 Å². The molecule has 0 aliphatic carbocycles. The van der Waals surface area contributed by atoms with E-state index in [4.69, 9.17) is 16.9 Å². The van der Waals surface area contributed by atoms with Crippen molar-refractivity contribution in [2.45, 2.75) is 9.79 Å². The predicted octanol–water partition coefficient (Wildman–Crippen LogP) is 5.40. The molecule has 0 aliphatic rings. The number of fused-ring (bicyclic) bond motifs is 1. The lowest BCUT2D eigenvalue weighted by Crippen LogP contribution is -2.06. The average Bonchev–Trinajstić information content (AvgIpc) is 2.72. The molecule has 3 aromatic carbocycles. The van der Waals surface area contributed by atoms with Gasteiger partial charge >= 0.3 is 0 Å². The number of sulfone groups is 1. The van der Waals surface area contributed by atoms with E-state index in [0.29, 0.717) is 27.1 Å². The van der Waals surface area contributed by atoms with Crippen molar-refractivity contribution >= 4 is 32.3 Å². The highest BCUT2D eigenvalue weighted by molar-refractivity contribution is 7.91. The highest BCUT2D eigenvalue weighted by atomic mass is 35.5. The molecule has 7 heteroatoms. The van der Waals surface area contributed by atoms with Crippen LogP contribution >= 0.6 is 11.6 Å². The van der Waals surface area contributed by atoms with Crippen molar-refractivity contribution in [1.29, 1.82) is 5.26 Å². The van der Waals surface area contributed by atoms with Gasteiger partial charge in [-0.3, -0.25) is 4.98 Å². The number of pyridine rings is 1. The van der Waals surface area contributed by atoms with Crippen LogP contribution in [0.3, 0.4) is 0 Å². The lowest BCUT2D eigenvalue weighted by Gasteiger charge is -2.14. The Kier molecular flexibility index (Phi) is 4.79. The molecule has 0 N–H and O–H groups in total. The Morgan fingerprint density at radius 3 is 2.55 bits per heavy atom. The number of hydrogen-bond acceptors (Lipinski definition) is 4. The maximum absolute atomic E-state index is 13.7. The summed E-state index contributed by atoms with van der Waals surface area (Å²) in [6.45, 7) is 0. The lowest BCUT2D eigenvalue weighted by molar-refractivity contribution is 0.596. The van der Waals surface area contributed by atoms with Crippen molar-refractivity contribution in [3.05, 3.63) is 89.3 Å². The second-order valence-electron chi connectivity index (χ2n) is 6.31. The van der Waals surface area contributed by atoms with Crippen LogP contribution in [0, 0.1) is 17.1 Å². The molecule has 142 valence electrons. The molecule has 0 unspecified atom stereocenters. The third-order valence-electron chi connectivity index (χ3n) is 4.47. The molecule has 0 saturated heterocycles. The molecule has 0 fully saturated rings. The predicted molar refractivity (Wildman–Crippen MR) is 109 cm³/mol. The summed E-state index contributed by atoms with van der Waals surface area (Å²) in [6.07, 6.45) is 1.21. The van der Waals surface area contributed by atoms with Gasteiger partial charge in [-0.2, -0.15) is 5.26 Å². The number of halogens is 2. The van der Waals surface area contributed by atoms with Crippen LogP contribution in [0.5, 0.6) is 0 Å². The smallest absolute Gasteiger partial charge is 0.208 e. The number of nitriles is 1. The van der Waals surface area contributed by atoms with Gasteiger partial charge in [-0.15, -0.1) is 0 Å². The lowest BCUT2D eigenvalue weighted by atomic mass is 10.0. The van der Waals surface area contributed by atoms with Crippen molar-refractivity contribution in [2.24, 2.45) is 0 Å². The van der Waals surface area contributed by atoms with Crippen LogP contribution in [0.15, 0.2) is 82.7 Å². The Morgan fingerprint density at radius 2 is 1.79 bits per heavy atom. The van der Waals surface area contributed by atoms with Crippen molar-refractivity contribution in [1.82, 2.24) is 4.98 Å². The molecule has 0 amide bonds. The highest BCUT2D eigenvalue weighted by Crippen LogP contribution is 2.37. The maximum Gasteiger partial charge on any atom is 0.208 e. The summed E-state index contributed by atoms with van der Waals surface area (Å²) in [5.41, 5.74) is 1.49. The zero-order chi connectivity index (χ0) is 20.6. The fourth-order valence-electron chi connectivity index (χ4n) is 3.15. The van der Waals surface area contributed by atoms with Crippen molar-refractivity contribution in [3.63, 3.8) is 0 Å². The highest BCUT2D eigenvalue weighted by Gasteiger charge is 2.25. The average molecular weight is 423 g/mol. The van der Waals surface area contributed by atoms with Gasteiger partial charge in [0.15, 0.2) is 0 Å². The minimum Gasteiger partial charge on any atom is -0.255 e. The second kappa shape index (κ2) is 7.28. The van der Waals surface area contributed by atoms with E-state index in [1.807, 2.05) is 6.07 Å². The van der Waals surface area contributed by atoms with Crippen LogP contribution in [-0.4, -0.2) is 13.4 Å². The van der Waals surface area contributed by atoms with Crippen molar-refractivity contribution in [2.75, 3.05) is 0 Å². The van der Waals surface area contributed by atoms with Gasteiger partial charge in [0.25, 0.3) is 0 Å². The minimum atomic E-state index is -4.02. The molecule has 29 heavy (non-hydrogen) atoms. The van der Waals surface area contributed by atoms with Gasteiger partial charge in [-0.25, -0.2) is 12.8 Å². The van der Waals surface area contributed by atoms with Crippen LogP contribution in [0.25, 0.3) is 22.0 Å². The summed E-state index contributed by atoms with van der Waals surface area (Å²) in [7, 11) is -4.02. The molecule has 0 radical (unpaired) electrons. The second-order valence-corrected chi connectivity index (χ2v) is 8.67. The molecule has 0 aliphatic heterocycles. The zero-order valence-electron chi connectivity index (χ0n) is 14.8. The van der Waals surface area contributed by atoms with E-state index < -0.39 is 15.7 Å². The molecule has 0 saturated carbocycles. The maximum atomic E-state index is 13.7. The number of aromatic nitrogens is 1. The molecule has 0 bridgehead atoms. The van der Waals surface area contributed by atoms with Crippen molar-refractivity contribution < 1.29 is 12.8 Å². The summed E-state index contributed by atoms with van der Waals surface area (Å²) in [4.78, 5) is 4.10. The largest absolute Gasteiger partial charge is 0.255 e. The van der Waals surface area contributed by atoms with Gasteiger partial charge < -0.3 is 0 Å². The van der Waals surface area contributed by atoms with Crippen LogP contribution in [0.1, 0.15) is 5.56 Å². The van der Waals surface area contributed by atoms with E-state index in [9.17, 15) is 12.8 Å². The van der Waals surface area contributed by atoms with Crippen LogP contribution < -0.4 is 0 Å². The zero-order valence-corrected chi connectivity index (χ0v) is 16.4. The monoisotopic (exact) mass is 422 g/mol. The third kappa shape index (κ3) is 3.46. The van der Waals surface area contributed by atoms with Crippen LogP contribution in [-0.2, 0) is 9.84 Å². The van der Waals surface area contributed by atoms with Gasteiger partial charge in [0, 0.05) is 28.2 Å². The SMILES string of the molecule is N#Cc1cccc(S(=O)(=O)c2cnc3cc(F)ccc3c2-c2cccc(Cl)c2)c1. The first kappa shape index (κ1) is 19.1. The Balaban J connectivity index is 2.08. The van der Waals surface area contributed by atoms with E-state index in [1.165, 1.54) is 48.7 Å². The number of nitrogens with zero attached hydrogens (tertiary/aromatic N) is 2. The summed E-state index contributed by atoms with van der Waals surface area (Å²) in [5.74, 6) is -0.473. The number of benzene rings is 3. The van der Waals surface area contributed by atoms with Gasteiger partial charge in [0.2, 0.25) is 9.84 Å². The Morgan fingerprint density at radius 1 is 1.00 bits per heavy atom. The summed E-state index contributed by atoms with van der Waals surface area (Å²) in [6, 6.07) is 18.5. The fourth-order valence-corrected chi connectivity index (χ4v) is 4.83. The summed E-state index contributed by atoms with van der Waals surface area (Å²) >= 11 is 6.13. The summed E-state index contributed by atoms with van der Waals surface area (Å²) in [5, 5.41) is 10.0. The minimum absolute atomic E-state index is 0.0249. The van der Waals surface area contributed by atoms with Crippen LogP contribution in [0.4, 0.5) is 4.39 Å². The van der Waals surface area contributed by atoms with Gasteiger partial charge in [-0.05, 0) is 48.0 Å². The number of hydrogen-bond donors (Lipinski definition) is 0. The van der Waals surface area contributed by atoms with Gasteiger partial charge in [0.1, 0.15) is 5.82 Å². The first-order valence-corrected chi connectivity index (χ1v) is 10.4. The number of rotatable bonds is 3. The topological polar surface area (TPSA) is 70.8 Å². The van der Waals surface area contributed by atoms with E-state index >= 15 is 0 Å². The standard InChI is InChI=1S/C22H12ClFN2O2S/c23-16-5-2-4-15(10-16)22-19-8-7-17(24)11-20(19)26-13-21(22)29(27,28)18-6-1-3-14(9-18)12-25/h1-11,13H. The van der Waals surface area contributed by atoms with Crippen LogP contribution in [0.2, 0.25) is 5.02 Å². The van der Waals surface area contributed by atoms with E-state index in [1.54, 1.807) is 24.3 Å². The Hall–Kier alpha value is -3.27. The molecule has 4 aromatic rings. The molecule has 1 aromatic heterocycles. The molecular formula is C22H12ClFN2O2S. The van der Waals surface area contributed by atoms with Crippen molar-refractivity contribution in [3.8, 4) is 17.2 Å². The quantitative estimate of drug-likeness (QED) is 0.443. The van der Waals surface area contributed by atoms with E-state index in [2.05, 4.69) is 4.98 Å². The first-order chi connectivity index (χ1) is 13.9. The summed E-state index contributed by atoms with van der Waals surface area (Å²) < 4.78 is 40.6. The first-order valence-electron chi connectivity index (χ1n) is 8.49. The Bertz CT molecular complexity index is 1410. The molecule has 1 heterocycles. The fraction of sp³-hybridized carbons (Fsp3) is 0. The van der Waals surface area contributed by atoms with E-state index in [0.717, 1.165) is 0 Å². The molecule has 4 nitrogen and oxygen atoms in total. The van der Waals surface area contributed by atoms with E-state index in [-0.39, 0.29) is 15.4 Å². The molecule has 0 atom stereocenters. The molecule has 0 spiro atoms.